The Balaban J connectivity index is 2.69. The number of nitrogens with one attached hydrogen (secondary N) is 1. The first-order chi connectivity index (χ1) is 6.17. The van der Waals surface area contributed by atoms with E-state index in [4.69, 9.17) is 5.84 Å². The van der Waals surface area contributed by atoms with Crippen LogP contribution in [0.15, 0.2) is 30.3 Å². The van der Waals surface area contributed by atoms with E-state index in [1.54, 1.807) is 18.2 Å². The van der Waals surface area contributed by atoms with E-state index in [1.807, 2.05) is 0 Å². The zero-order chi connectivity index (χ0) is 9.73. The van der Waals surface area contributed by atoms with Crippen LogP contribution in [0, 0.1) is 0 Å². The highest BCUT2D eigenvalue weighted by Crippen LogP contribution is 2.30. The monoisotopic (exact) mass is 186 g/mol. The van der Waals surface area contributed by atoms with Crippen molar-refractivity contribution in [1.29, 1.82) is 0 Å². The first-order valence-corrected chi connectivity index (χ1v) is 4.03. The number of benzene rings is 1. The van der Waals surface area contributed by atoms with Crippen LogP contribution < -0.4 is 11.3 Å². The van der Waals surface area contributed by atoms with E-state index in [0.29, 0.717) is 0 Å². The van der Waals surface area contributed by atoms with Gasteiger partial charge in [-0.05, 0) is 0 Å². The first kappa shape index (κ1) is 10.1. The third-order valence-corrected chi connectivity index (χ3v) is 1.78. The van der Waals surface area contributed by atoms with E-state index in [0.717, 1.165) is 0 Å². The van der Waals surface area contributed by atoms with E-state index in [9.17, 15) is 8.78 Å². The molecule has 0 atom stereocenters. The molecule has 2 nitrogen and oxygen atoms in total. The van der Waals surface area contributed by atoms with Crippen LogP contribution >= 0.6 is 0 Å². The molecule has 0 aliphatic carbocycles. The molecule has 0 saturated carbocycles. The van der Waals surface area contributed by atoms with Gasteiger partial charge in [-0.25, -0.2) is 8.78 Å². The summed E-state index contributed by atoms with van der Waals surface area (Å²) in [7, 11) is 0. The highest BCUT2D eigenvalue weighted by atomic mass is 19.3. The smallest absolute Gasteiger partial charge is 0.271 e. The molecule has 72 valence electrons. The highest BCUT2D eigenvalue weighted by molar-refractivity contribution is 5.19. The molecule has 3 N–H and O–H groups in total. The molecule has 0 unspecified atom stereocenters. The van der Waals surface area contributed by atoms with Gasteiger partial charge in [0.2, 0.25) is 0 Å². The number of hydrogen-bond donors (Lipinski definition) is 2. The fourth-order valence-electron chi connectivity index (χ4n) is 1.06. The molecule has 0 saturated heterocycles. The zero-order valence-corrected chi connectivity index (χ0v) is 7.13. The Morgan fingerprint density at radius 1 is 1.23 bits per heavy atom. The van der Waals surface area contributed by atoms with Gasteiger partial charge in [0.15, 0.2) is 0 Å². The minimum absolute atomic E-state index is 0.0326. The number of hydrogen-bond acceptors (Lipinski definition) is 2. The minimum atomic E-state index is -2.80. The molecule has 0 amide bonds. The molecule has 0 aliphatic rings. The van der Waals surface area contributed by atoms with Gasteiger partial charge in [-0.3, -0.25) is 11.3 Å². The summed E-state index contributed by atoms with van der Waals surface area (Å²) in [6.07, 6.45) is -0.284. The van der Waals surface area contributed by atoms with Crippen molar-refractivity contribution in [2.24, 2.45) is 5.84 Å². The Bertz CT molecular complexity index is 249. The average Bonchev–Trinajstić information content (AvgIpc) is 2.16. The summed E-state index contributed by atoms with van der Waals surface area (Å²) in [5.74, 6) is 2.13. The molecule has 0 aliphatic heterocycles. The lowest BCUT2D eigenvalue weighted by atomic mass is 10.1. The molecule has 0 aromatic heterocycles. The van der Waals surface area contributed by atoms with Crippen LogP contribution in [0.3, 0.4) is 0 Å². The van der Waals surface area contributed by atoms with Crippen LogP contribution in [-0.4, -0.2) is 6.54 Å². The third kappa shape index (κ3) is 2.75. The van der Waals surface area contributed by atoms with Gasteiger partial charge < -0.3 is 0 Å². The standard InChI is InChI=1S/C9H12F2N2/c10-9(11,6-7-13-12)8-4-2-1-3-5-8/h1-5,13H,6-7,12H2. The lowest BCUT2D eigenvalue weighted by Crippen LogP contribution is -2.28. The van der Waals surface area contributed by atoms with E-state index in [2.05, 4.69) is 5.43 Å². The van der Waals surface area contributed by atoms with Crippen molar-refractivity contribution in [2.75, 3.05) is 6.54 Å². The summed E-state index contributed by atoms with van der Waals surface area (Å²) in [6.45, 7) is 0.0991. The Kier molecular flexibility index (Phi) is 3.33. The minimum Gasteiger partial charge on any atom is -0.271 e. The number of alkyl halides is 2. The van der Waals surface area contributed by atoms with Crippen LogP contribution in [0.2, 0.25) is 0 Å². The van der Waals surface area contributed by atoms with Crippen LogP contribution in [0.4, 0.5) is 8.78 Å². The topological polar surface area (TPSA) is 38.0 Å². The maximum absolute atomic E-state index is 13.2. The average molecular weight is 186 g/mol. The van der Waals surface area contributed by atoms with E-state index in [1.165, 1.54) is 12.1 Å². The van der Waals surface area contributed by atoms with Gasteiger partial charge in [0.05, 0.1) is 0 Å². The van der Waals surface area contributed by atoms with Crippen molar-refractivity contribution < 1.29 is 8.78 Å². The zero-order valence-electron chi connectivity index (χ0n) is 7.13. The van der Waals surface area contributed by atoms with E-state index < -0.39 is 5.92 Å². The fraction of sp³-hybridized carbons (Fsp3) is 0.333. The summed E-state index contributed by atoms with van der Waals surface area (Å²) in [5.41, 5.74) is 2.25. The van der Waals surface area contributed by atoms with Gasteiger partial charge >= 0.3 is 0 Å². The summed E-state index contributed by atoms with van der Waals surface area (Å²) in [6, 6.07) is 7.73. The Hall–Kier alpha value is -1.00. The second kappa shape index (κ2) is 4.30. The summed E-state index contributed by atoms with van der Waals surface area (Å²) < 4.78 is 26.5. The van der Waals surface area contributed by atoms with Gasteiger partial charge in [0.25, 0.3) is 5.92 Å². The molecule has 0 radical (unpaired) electrons. The first-order valence-electron chi connectivity index (χ1n) is 4.03. The quantitative estimate of drug-likeness (QED) is 0.554. The maximum atomic E-state index is 13.2. The SMILES string of the molecule is NNCCC(F)(F)c1ccccc1. The van der Waals surface area contributed by atoms with Crippen molar-refractivity contribution in [3.05, 3.63) is 35.9 Å². The number of hydrazine groups is 1. The van der Waals surface area contributed by atoms with E-state index in [-0.39, 0.29) is 18.5 Å². The van der Waals surface area contributed by atoms with Gasteiger partial charge in [-0.1, -0.05) is 30.3 Å². The van der Waals surface area contributed by atoms with Crippen molar-refractivity contribution in [3.63, 3.8) is 0 Å². The molecular formula is C9H12F2N2. The molecule has 0 spiro atoms. The molecule has 0 bridgehead atoms. The van der Waals surface area contributed by atoms with Crippen molar-refractivity contribution >= 4 is 0 Å². The molecule has 1 rings (SSSR count). The Morgan fingerprint density at radius 2 is 1.85 bits per heavy atom. The summed E-state index contributed by atoms with van der Waals surface area (Å²) in [4.78, 5) is 0. The lowest BCUT2D eigenvalue weighted by Gasteiger charge is -2.15. The second-order valence-corrected chi connectivity index (χ2v) is 2.77. The fourth-order valence-corrected chi connectivity index (χ4v) is 1.06. The van der Waals surface area contributed by atoms with Gasteiger partial charge in [-0.2, -0.15) is 0 Å². The molecule has 13 heavy (non-hydrogen) atoms. The van der Waals surface area contributed by atoms with Crippen molar-refractivity contribution in [3.8, 4) is 0 Å². The second-order valence-electron chi connectivity index (χ2n) is 2.77. The predicted octanol–water partition coefficient (Wildman–Crippen LogP) is 1.63. The maximum Gasteiger partial charge on any atom is 0.274 e. The Labute approximate surface area is 75.7 Å². The molecule has 4 heteroatoms. The van der Waals surface area contributed by atoms with Crippen molar-refractivity contribution in [1.82, 2.24) is 5.43 Å². The van der Waals surface area contributed by atoms with Crippen LogP contribution in [-0.2, 0) is 5.92 Å². The highest BCUT2D eigenvalue weighted by Gasteiger charge is 2.30. The van der Waals surface area contributed by atoms with Gasteiger partial charge in [-0.15, -0.1) is 0 Å². The van der Waals surface area contributed by atoms with Gasteiger partial charge in [0.1, 0.15) is 0 Å². The van der Waals surface area contributed by atoms with Crippen LogP contribution in [0.1, 0.15) is 12.0 Å². The molecule has 0 fully saturated rings. The normalized spacial score (nSPS) is 11.6. The third-order valence-electron chi connectivity index (χ3n) is 1.78. The van der Waals surface area contributed by atoms with E-state index >= 15 is 0 Å². The molecule has 1 aromatic carbocycles. The molecular weight excluding hydrogens is 174 g/mol. The Morgan fingerprint density at radius 3 is 2.38 bits per heavy atom. The van der Waals surface area contributed by atoms with Crippen LogP contribution in [0.5, 0.6) is 0 Å². The number of halogens is 2. The molecule has 0 heterocycles. The predicted molar refractivity (Wildman–Crippen MR) is 47.1 cm³/mol. The molecule has 1 aromatic rings. The largest absolute Gasteiger partial charge is 0.274 e. The summed E-state index contributed by atoms with van der Waals surface area (Å²) in [5, 5.41) is 0. The lowest BCUT2D eigenvalue weighted by molar-refractivity contribution is -0.0127. The van der Waals surface area contributed by atoms with Crippen molar-refractivity contribution in [2.45, 2.75) is 12.3 Å². The number of rotatable bonds is 4. The summed E-state index contributed by atoms with van der Waals surface area (Å²) >= 11 is 0. The van der Waals surface area contributed by atoms with Gasteiger partial charge in [0, 0.05) is 18.5 Å². The van der Waals surface area contributed by atoms with Crippen LogP contribution in [0.25, 0.3) is 0 Å². The number of nitrogens with two attached hydrogens (primary N) is 1.